The highest BCUT2D eigenvalue weighted by Crippen LogP contribution is 2.41. The van der Waals surface area contributed by atoms with E-state index in [0.717, 1.165) is 27.3 Å². The van der Waals surface area contributed by atoms with E-state index in [2.05, 4.69) is 5.32 Å². The van der Waals surface area contributed by atoms with Crippen LogP contribution in [-0.4, -0.2) is 10.9 Å². The first-order valence-electron chi connectivity index (χ1n) is 9.95. The van der Waals surface area contributed by atoms with Crippen LogP contribution in [0.25, 0.3) is 31.9 Å². The third-order valence-corrected chi connectivity index (χ3v) is 7.12. The molecule has 0 atom stereocenters. The second kappa shape index (κ2) is 8.53. The second-order valence-corrected chi connectivity index (χ2v) is 9.18. The van der Waals surface area contributed by atoms with E-state index in [-0.39, 0.29) is 11.7 Å². The molecule has 158 valence electrons. The third kappa shape index (κ3) is 3.88. The van der Waals surface area contributed by atoms with Crippen molar-refractivity contribution >= 4 is 44.5 Å². The fraction of sp³-hybridized carbons (Fsp3) is 0.0400. The van der Waals surface area contributed by atoms with Gasteiger partial charge >= 0.3 is 0 Å². The summed E-state index contributed by atoms with van der Waals surface area (Å²) in [5.74, 6) is -0.547. The monoisotopic (exact) mass is 459 g/mol. The maximum absolute atomic E-state index is 13.5. The minimum absolute atomic E-state index is 0.239. The summed E-state index contributed by atoms with van der Waals surface area (Å²) in [6, 6.07) is 21.9. The molecule has 0 bridgehead atoms. The molecule has 0 saturated heterocycles. The van der Waals surface area contributed by atoms with Crippen molar-refractivity contribution in [3.05, 3.63) is 94.4 Å². The van der Waals surface area contributed by atoms with E-state index in [0.29, 0.717) is 27.3 Å². The molecule has 3 heterocycles. The lowest BCUT2D eigenvalue weighted by molar-refractivity contribution is 0.0956. The fourth-order valence-electron chi connectivity index (χ4n) is 3.56. The van der Waals surface area contributed by atoms with Crippen LogP contribution in [0.15, 0.2) is 78.2 Å². The first-order chi connectivity index (χ1) is 15.6. The Morgan fingerprint density at radius 3 is 2.53 bits per heavy atom. The molecule has 1 amide bonds. The maximum atomic E-state index is 13.5. The number of rotatable bonds is 5. The van der Waals surface area contributed by atoms with Gasteiger partial charge in [-0.2, -0.15) is 0 Å². The van der Waals surface area contributed by atoms with Gasteiger partial charge in [0.25, 0.3) is 5.91 Å². The number of fused-ring (bicyclic) bond motifs is 1. The topological polar surface area (TPSA) is 68.0 Å². The summed E-state index contributed by atoms with van der Waals surface area (Å²) in [6.45, 7) is 0.409. The Kier molecular flexibility index (Phi) is 5.43. The molecule has 0 aliphatic rings. The number of nitrogen functional groups attached to an aromatic ring is 1. The van der Waals surface area contributed by atoms with Gasteiger partial charge in [-0.1, -0.05) is 48.5 Å². The van der Waals surface area contributed by atoms with Gasteiger partial charge in [-0.05, 0) is 46.3 Å². The lowest BCUT2D eigenvalue weighted by Gasteiger charge is -2.08. The predicted octanol–water partition coefficient (Wildman–Crippen LogP) is 6.34. The lowest BCUT2D eigenvalue weighted by Crippen LogP contribution is -2.22. The molecule has 0 fully saturated rings. The number of nitrogens with zero attached hydrogens (tertiary/aromatic N) is 1. The Morgan fingerprint density at radius 1 is 1.03 bits per heavy atom. The number of carbonyl (C=O) groups excluding carboxylic acids is 1. The smallest absolute Gasteiger partial charge is 0.263 e. The van der Waals surface area contributed by atoms with Crippen molar-refractivity contribution in [2.75, 3.05) is 5.73 Å². The van der Waals surface area contributed by atoms with Crippen molar-refractivity contribution in [2.24, 2.45) is 0 Å². The van der Waals surface area contributed by atoms with Crippen molar-refractivity contribution < 1.29 is 9.18 Å². The highest BCUT2D eigenvalue weighted by Gasteiger charge is 2.21. The summed E-state index contributed by atoms with van der Waals surface area (Å²) in [6.07, 6.45) is 0. The molecule has 4 nitrogen and oxygen atoms in total. The molecule has 0 aliphatic heterocycles. The summed E-state index contributed by atoms with van der Waals surface area (Å²) >= 11 is 2.86. The number of carbonyl (C=O) groups is 1. The SMILES string of the molecule is Nc1c(C(=O)NCc2ccccc2)sc2nc(-c3cccs3)cc(-c3ccc(F)cc3)c12. The Hall–Kier alpha value is -3.55. The average molecular weight is 460 g/mol. The van der Waals surface area contributed by atoms with E-state index in [1.54, 1.807) is 23.5 Å². The first kappa shape index (κ1) is 20.4. The highest BCUT2D eigenvalue weighted by atomic mass is 32.1. The van der Waals surface area contributed by atoms with Gasteiger partial charge < -0.3 is 11.1 Å². The van der Waals surface area contributed by atoms with Gasteiger partial charge in [0.1, 0.15) is 15.5 Å². The largest absolute Gasteiger partial charge is 0.397 e. The number of amides is 1. The molecule has 3 N–H and O–H groups in total. The summed E-state index contributed by atoms with van der Waals surface area (Å²) in [5, 5.41) is 5.65. The minimum atomic E-state index is -0.309. The Labute approximate surface area is 192 Å². The fourth-order valence-corrected chi connectivity index (χ4v) is 5.28. The number of halogens is 1. The normalized spacial score (nSPS) is 11.0. The van der Waals surface area contributed by atoms with Crippen LogP contribution in [0.3, 0.4) is 0 Å². The molecule has 5 aromatic rings. The molecule has 0 aliphatic carbocycles. The number of hydrogen-bond donors (Lipinski definition) is 2. The van der Waals surface area contributed by atoms with Crippen molar-refractivity contribution in [1.82, 2.24) is 10.3 Å². The second-order valence-electron chi connectivity index (χ2n) is 7.23. The van der Waals surface area contributed by atoms with Gasteiger partial charge in [-0.25, -0.2) is 9.37 Å². The van der Waals surface area contributed by atoms with E-state index in [9.17, 15) is 9.18 Å². The average Bonchev–Trinajstić information content (AvgIpc) is 3.47. The molecule has 0 spiro atoms. The van der Waals surface area contributed by atoms with Crippen LogP contribution in [-0.2, 0) is 6.54 Å². The zero-order chi connectivity index (χ0) is 22.1. The number of anilines is 1. The van der Waals surface area contributed by atoms with Crippen LogP contribution < -0.4 is 11.1 Å². The van der Waals surface area contributed by atoms with E-state index in [4.69, 9.17) is 10.7 Å². The van der Waals surface area contributed by atoms with Crippen molar-refractivity contribution in [2.45, 2.75) is 6.54 Å². The van der Waals surface area contributed by atoms with Gasteiger partial charge in [0.15, 0.2) is 0 Å². The van der Waals surface area contributed by atoms with Gasteiger partial charge in [0, 0.05) is 11.9 Å². The van der Waals surface area contributed by atoms with Crippen molar-refractivity contribution in [3.8, 4) is 21.7 Å². The molecule has 5 rings (SSSR count). The van der Waals surface area contributed by atoms with Crippen LogP contribution in [0, 0.1) is 5.82 Å². The molecular formula is C25H18FN3OS2. The summed E-state index contributed by atoms with van der Waals surface area (Å²) < 4.78 is 13.5. The van der Waals surface area contributed by atoms with Gasteiger partial charge in [-0.15, -0.1) is 22.7 Å². The third-order valence-electron chi connectivity index (χ3n) is 5.13. The van der Waals surface area contributed by atoms with E-state index in [1.165, 1.54) is 23.5 Å². The summed E-state index contributed by atoms with van der Waals surface area (Å²) in [5.41, 5.74) is 10.3. The zero-order valence-corrected chi connectivity index (χ0v) is 18.5. The maximum Gasteiger partial charge on any atom is 0.263 e. The van der Waals surface area contributed by atoms with E-state index < -0.39 is 0 Å². The Morgan fingerprint density at radius 2 is 1.81 bits per heavy atom. The molecule has 32 heavy (non-hydrogen) atoms. The van der Waals surface area contributed by atoms with Gasteiger partial charge in [0.2, 0.25) is 0 Å². The molecule has 7 heteroatoms. The molecule has 2 aromatic carbocycles. The van der Waals surface area contributed by atoms with Crippen LogP contribution in [0.2, 0.25) is 0 Å². The molecular weight excluding hydrogens is 441 g/mol. The number of thiophene rings is 2. The van der Waals surface area contributed by atoms with Crippen LogP contribution in [0.1, 0.15) is 15.2 Å². The predicted molar refractivity (Wildman–Crippen MR) is 130 cm³/mol. The van der Waals surface area contributed by atoms with Crippen molar-refractivity contribution in [1.29, 1.82) is 0 Å². The molecule has 3 aromatic heterocycles. The molecule has 0 radical (unpaired) electrons. The van der Waals surface area contributed by atoms with Crippen LogP contribution >= 0.6 is 22.7 Å². The summed E-state index contributed by atoms with van der Waals surface area (Å²) in [4.78, 5) is 19.9. The first-order valence-corrected chi connectivity index (χ1v) is 11.6. The zero-order valence-electron chi connectivity index (χ0n) is 16.8. The number of aromatic nitrogens is 1. The number of hydrogen-bond acceptors (Lipinski definition) is 5. The van der Waals surface area contributed by atoms with Gasteiger partial charge in [0.05, 0.1) is 16.3 Å². The van der Waals surface area contributed by atoms with Crippen molar-refractivity contribution in [3.63, 3.8) is 0 Å². The lowest BCUT2D eigenvalue weighted by atomic mass is 10.0. The Balaban J connectivity index is 1.60. The molecule has 0 saturated carbocycles. The van der Waals surface area contributed by atoms with Crippen LogP contribution in [0.5, 0.6) is 0 Å². The Bertz CT molecular complexity index is 1400. The van der Waals surface area contributed by atoms with E-state index >= 15 is 0 Å². The quantitative estimate of drug-likeness (QED) is 0.322. The van der Waals surface area contributed by atoms with E-state index in [1.807, 2.05) is 53.9 Å². The molecule has 0 unspecified atom stereocenters. The van der Waals surface area contributed by atoms with Crippen LogP contribution in [0.4, 0.5) is 10.1 Å². The minimum Gasteiger partial charge on any atom is -0.397 e. The number of pyridine rings is 1. The standard InChI is InChI=1S/C25H18FN3OS2/c26-17-10-8-16(9-11-17)18-13-19(20-7-4-12-31-20)29-25-21(18)22(27)23(32-25)24(30)28-14-15-5-2-1-3-6-15/h1-13H,14,27H2,(H,28,30). The highest BCUT2D eigenvalue weighted by molar-refractivity contribution is 7.21. The summed E-state index contributed by atoms with van der Waals surface area (Å²) in [7, 11) is 0. The number of nitrogens with one attached hydrogen (secondary N) is 1. The van der Waals surface area contributed by atoms with Gasteiger partial charge in [-0.3, -0.25) is 4.79 Å². The number of benzene rings is 2. The number of nitrogens with two attached hydrogens (primary N) is 1.